The van der Waals surface area contributed by atoms with E-state index >= 15 is 0 Å². The Balaban J connectivity index is 1.36. The molecule has 2 atom stereocenters. The Labute approximate surface area is 142 Å². The van der Waals surface area contributed by atoms with E-state index in [2.05, 4.69) is 20.5 Å². The normalized spacial score (nSPS) is 27.9. The highest BCUT2D eigenvalue weighted by molar-refractivity contribution is 5.79. The summed E-state index contributed by atoms with van der Waals surface area (Å²) in [6, 6.07) is 0. The van der Waals surface area contributed by atoms with Gasteiger partial charge in [0.25, 0.3) is 5.66 Å². The first-order valence-corrected chi connectivity index (χ1v) is 8.38. The number of rotatable bonds is 3. The fourth-order valence-electron chi connectivity index (χ4n) is 3.73. The molecule has 1 N–H and O–H groups in total. The van der Waals surface area contributed by atoms with Crippen LogP contribution in [0.4, 0.5) is 13.2 Å². The van der Waals surface area contributed by atoms with Gasteiger partial charge < -0.3 is 14.8 Å². The number of nitrogens with zero attached hydrogens (tertiary/aromatic N) is 5. The van der Waals surface area contributed by atoms with Gasteiger partial charge in [-0.1, -0.05) is 0 Å². The molecule has 0 bridgehead atoms. The molecule has 4 heterocycles. The highest BCUT2D eigenvalue weighted by Gasteiger charge is 2.64. The molecule has 25 heavy (non-hydrogen) atoms. The molecule has 0 aromatic carbocycles. The van der Waals surface area contributed by atoms with Crippen molar-refractivity contribution in [1.82, 2.24) is 19.8 Å². The standard InChI is InChI=1S/C15H19F3N6O/c16-15(17,18)14(21-22-14)5-10-1-3-24(8-10)13(25)11-6-19-7-12-20-2-4-23(12)9-11/h2,4,10-11,19H,1,3,5-9H2. The molecule has 136 valence electrons. The lowest BCUT2D eigenvalue weighted by Crippen LogP contribution is -2.40. The van der Waals surface area contributed by atoms with Crippen molar-refractivity contribution >= 4 is 5.91 Å². The maximum absolute atomic E-state index is 13.0. The predicted molar refractivity (Wildman–Crippen MR) is 80.4 cm³/mol. The van der Waals surface area contributed by atoms with Crippen LogP contribution in [0.25, 0.3) is 0 Å². The Kier molecular flexibility index (Phi) is 3.82. The zero-order valence-corrected chi connectivity index (χ0v) is 13.5. The van der Waals surface area contributed by atoms with E-state index in [9.17, 15) is 18.0 Å². The Bertz CT molecular complexity index is 694. The van der Waals surface area contributed by atoms with Gasteiger partial charge in [-0.2, -0.15) is 13.2 Å². The molecule has 3 aliphatic heterocycles. The number of carbonyl (C=O) groups is 1. The smallest absolute Gasteiger partial charge is 0.342 e. The van der Waals surface area contributed by atoms with Crippen LogP contribution in [0.2, 0.25) is 0 Å². The zero-order valence-electron chi connectivity index (χ0n) is 13.5. The summed E-state index contributed by atoms with van der Waals surface area (Å²) in [5, 5.41) is 9.69. The Hall–Kier alpha value is -1.97. The van der Waals surface area contributed by atoms with Crippen molar-refractivity contribution in [2.45, 2.75) is 37.8 Å². The van der Waals surface area contributed by atoms with Crippen LogP contribution in [0.5, 0.6) is 0 Å². The summed E-state index contributed by atoms with van der Waals surface area (Å²) in [5.74, 6) is 0.421. The molecule has 0 spiro atoms. The van der Waals surface area contributed by atoms with Gasteiger partial charge in [0, 0.05) is 45.0 Å². The molecule has 2 unspecified atom stereocenters. The number of nitrogens with one attached hydrogen (secondary N) is 1. The summed E-state index contributed by atoms with van der Waals surface area (Å²) in [4.78, 5) is 18.7. The van der Waals surface area contributed by atoms with Crippen LogP contribution in [-0.4, -0.2) is 51.8 Å². The maximum atomic E-state index is 13.0. The van der Waals surface area contributed by atoms with Crippen LogP contribution in [0.15, 0.2) is 22.6 Å². The number of aromatic nitrogens is 2. The van der Waals surface area contributed by atoms with E-state index in [0.29, 0.717) is 39.1 Å². The third kappa shape index (κ3) is 3.03. The molecular weight excluding hydrogens is 337 g/mol. The zero-order chi connectivity index (χ0) is 17.7. The van der Waals surface area contributed by atoms with E-state index in [1.165, 1.54) is 0 Å². The van der Waals surface area contributed by atoms with Gasteiger partial charge in [-0.15, -0.1) is 10.2 Å². The van der Waals surface area contributed by atoms with Crippen molar-refractivity contribution in [1.29, 1.82) is 0 Å². The molecule has 0 aliphatic carbocycles. The van der Waals surface area contributed by atoms with Gasteiger partial charge in [-0.05, 0) is 12.3 Å². The molecule has 4 rings (SSSR count). The lowest BCUT2D eigenvalue weighted by molar-refractivity contribution is -0.167. The number of hydrogen-bond acceptors (Lipinski definition) is 5. The minimum absolute atomic E-state index is 0.0118. The minimum atomic E-state index is -4.44. The van der Waals surface area contributed by atoms with Crippen molar-refractivity contribution in [3.8, 4) is 0 Å². The largest absolute Gasteiger partial charge is 0.437 e. The second-order valence-electron chi connectivity index (χ2n) is 6.98. The topological polar surface area (TPSA) is 74.9 Å². The highest BCUT2D eigenvalue weighted by Crippen LogP contribution is 2.49. The average molecular weight is 356 g/mol. The van der Waals surface area contributed by atoms with Gasteiger partial charge in [0.15, 0.2) is 0 Å². The van der Waals surface area contributed by atoms with Crippen LogP contribution in [0.1, 0.15) is 18.7 Å². The van der Waals surface area contributed by atoms with Gasteiger partial charge in [0.2, 0.25) is 5.91 Å². The quantitative estimate of drug-likeness (QED) is 0.893. The van der Waals surface area contributed by atoms with Crippen LogP contribution in [0.3, 0.4) is 0 Å². The molecule has 1 aromatic rings. The molecule has 3 aliphatic rings. The molecule has 1 fully saturated rings. The number of imidazole rings is 1. The summed E-state index contributed by atoms with van der Waals surface area (Å²) >= 11 is 0. The van der Waals surface area contributed by atoms with Crippen molar-refractivity contribution < 1.29 is 18.0 Å². The van der Waals surface area contributed by atoms with Crippen LogP contribution in [-0.2, 0) is 17.9 Å². The average Bonchev–Trinajstić information content (AvgIpc) is 3.08. The van der Waals surface area contributed by atoms with Gasteiger partial charge in [0.05, 0.1) is 12.5 Å². The van der Waals surface area contributed by atoms with E-state index in [-0.39, 0.29) is 24.2 Å². The minimum Gasteiger partial charge on any atom is -0.342 e. The molecular formula is C15H19F3N6O. The summed E-state index contributed by atoms with van der Waals surface area (Å²) in [6.45, 7) is 2.52. The first kappa shape index (κ1) is 16.5. The van der Waals surface area contributed by atoms with Crippen molar-refractivity contribution in [2.24, 2.45) is 22.1 Å². The van der Waals surface area contributed by atoms with Crippen LogP contribution >= 0.6 is 0 Å². The van der Waals surface area contributed by atoms with Crippen molar-refractivity contribution in [3.63, 3.8) is 0 Å². The first-order chi connectivity index (χ1) is 11.9. The fraction of sp³-hybridized carbons (Fsp3) is 0.733. The Morgan fingerprint density at radius 2 is 2.16 bits per heavy atom. The third-order valence-electron chi connectivity index (χ3n) is 5.21. The van der Waals surface area contributed by atoms with E-state index < -0.39 is 11.8 Å². The SMILES string of the molecule is O=C(C1CNCc2nccn2C1)N1CCC(CC2(C(F)(F)F)N=N2)C1. The second kappa shape index (κ2) is 5.79. The third-order valence-corrected chi connectivity index (χ3v) is 5.21. The van der Waals surface area contributed by atoms with E-state index in [0.717, 1.165) is 5.82 Å². The lowest BCUT2D eigenvalue weighted by Gasteiger charge is -2.23. The molecule has 1 saturated heterocycles. The highest BCUT2D eigenvalue weighted by atomic mass is 19.4. The molecule has 7 nitrogen and oxygen atoms in total. The summed E-state index contributed by atoms with van der Waals surface area (Å²) in [6.07, 6.45) is -0.485. The molecule has 0 radical (unpaired) electrons. The summed E-state index contributed by atoms with van der Waals surface area (Å²) < 4.78 is 40.9. The Morgan fingerprint density at radius 3 is 2.88 bits per heavy atom. The van der Waals surface area contributed by atoms with Crippen molar-refractivity contribution in [3.05, 3.63) is 18.2 Å². The van der Waals surface area contributed by atoms with E-state index in [4.69, 9.17) is 0 Å². The van der Waals surface area contributed by atoms with E-state index in [1.807, 2.05) is 10.8 Å². The van der Waals surface area contributed by atoms with Gasteiger partial charge in [0.1, 0.15) is 5.82 Å². The number of carbonyl (C=O) groups excluding carboxylic acids is 1. The number of hydrogen-bond donors (Lipinski definition) is 1. The number of fused-ring (bicyclic) bond motifs is 1. The van der Waals surface area contributed by atoms with Gasteiger partial charge in [-0.3, -0.25) is 4.79 Å². The summed E-state index contributed by atoms with van der Waals surface area (Å²) in [7, 11) is 0. The molecule has 1 aromatic heterocycles. The molecule has 0 saturated carbocycles. The van der Waals surface area contributed by atoms with Crippen LogP contribution in [0, 0.1) is 11.8 Å². The second-order valence-corrected chi connectivity index (χ2v) is 6.98. The van der Waals surface area contributed by atoms with Gasteiger partial charge >= 0.3 is 6.18 Å². The first-order valence-electron chi connectivity index (χ1n) is 8.38. The number of amides is 1. The Morgan fingerprint density at radius 1 is 1.36 bits per heavy atom. The predicted octanol–water partition coefficient (Wildman–Crippen LogP) is 1.57. The molecule has 10 heteroatoms. The fourth-order valence-corrected chi connectivity index (χ4v) is 3.73. The van der Waals surface area contributed by atoms with Gasteiger partial charge in [-0.25, -0.2) is 4.98 Å². The molecule has 1 amide bonds. The maximum Gasteiger partial charge on any atom is 0.437 e. The summed E-state index contributed by atoms with van der Waals surface area (Å²) in [5.41, 5.74) is -2.22. The number of likely N-dealkylation sites (tertiary alicyclic amines) is 1. The van der Waals surface area contributed by atoms with Crippen LogP contribution < -0.4 is 5.32 Å². The number of alkyl halides is 3. The monoisotopic (exact) mass is 356 g/mol. The van der Waals surface area contributed by atoms with E-state index in [1.54, 1.807) is 11.1 Å². The number of halogens is 3. The lowest BCUT2D eigenvalue weighted by atomic mass is 9.96. The van der Waals surface area contributed by atoms with Crippen molar-refractivity contribution in [2.75, 3.05) is 19.6 Å².